The van der Waals surface area contributed by atoms with E-state index in [0.29, 0.717) is 5.78 Å². The molecule has 0 N–H and O–H groups in total. The lowest BCUT2D eigenvalue weighted by Crippen LogP contribution is -2.29. The summed E-state index contributed by atoms with van der Waals surface area (Å²) in [5, 5.41) is 0. The van der Waals surface area contributed by atoms with Gasteiger partial charge in [0.25, 0.3) is 0 Å². The number of carbonyl (C=O) groups is 1. The Balaban J connectivity index is 0.00000120. The molecule has 3 heteroatoms. The SMILES string of the molecule is Cl.O=C1CCCc2cc(N3CCCCC3)ccc21. The van der Waals surface area contributed by atoms with E-state index in [0.717, 1.165) is 24.8 Å². The van der Waals surface area contributed by atoms with Crippen molar-refractivity contribution in [1.29, 1.82) is 0 Å². The third-order valence-corrected chi connectivity index (χ3v) is 3.96. The lowest BCUT2D eigenvalue weighted by atomic mass is 9.90. The van der Waals surface area contributed by atoms with Gasteiger partial charge in [0.15, 0.2) is 5.78 Å². The maximum atomic E-state index is 11.8. The molecule has 0 spiro atoms. The van der Waals surface area contributed by atoms with Gasteiger partial charge in [-0.15, -0.1) is 12.4 Å². The van der Waals surface area contributed by atoms with Crippen LogP contribution in [0.4, 0.5) is 5.69 Å². The molecule has 1 aromatic carbocycles. The quantitative estimate of drug-likeness (QED) is 0.773. The molecular formula is C15H20ClNO. The molecule has 1 heterocycles. The number of aryl methyl sites for hydroxylation is 1. The van der Waals surface area contributed by atoms with E-state index in [-0.39, 0.29) is 12.4 Å². The number of piperidine rings is 1. The summed E-state index contributed by atoms with van der Waals surface area (Å²) in [4.78, 5) is 14.2. The molecule has 0 unspecified atom stereocenters. The van der Waals surface area contributed by atoms with Gasteiger partial charge in [-0.05, 0) is 55.9 Å². The first-order valence-corrected chi connectivity index (χ1v) is 6.76. The summed E-state index contributed by atoms with van der Waals surface area (Å²) in [5.41, 5.74) is 3.56. The highest BCUT2D eigenvalue weighted by atomic mass is 35.5. The van der Waals surface area contributed by atoms with E-state index < -0.39 is 0 Å². The lowest BCUT2D eigenvalue weighted by molar-refractivity contribution is 0.0972. The summed E-state index contributed by atoms with van der Waals surface area (Å²) < 4.78 is 0. The van der Waals surface area contributed by atoms with E-state index in [1.165, 1.54) is 43.6 Å². The summed E-state index contributed by atoms with van der Waals surface area (Å²) in [7, 11) is 0. The minimum atomic E-state index is 0. The minimum absolute atomic E-state index is 0. The zero-order valence-electron chi connectivity index (χ0n) is 10.7. The standard InChI is InChI=1S/C15H19NO.ClH/c17-15-6-4-5-12-11-13(7-8-14(12)15)16-9-2-1-3-10-16;/h7-8,11H,1-6,9-10H2;1H. The van der Waals surface area contributed by atoms with Crippen molar-refractivity contribution in [2.45, 2.75) is 38.5 Å². The first-order valence-electron chi connectivity index (χ1n) is 6.76. The van der Waals surface area contributed by atoms with Crippen molar-refractivity contribution >= 4 is 23.9 Å². The zero-order chi connectivity index (χ0) is 11.7. The van der Waals surface area contributed by atoms with Crippen LogP contribution in [0.15, 0.2) is 18.2 Å². The van der Waals surface area contributed by atoms with Gasteiger partial charge in [0.05, 0.1) is 0 Å². The number of carbonyl (C=O) groups excluding carboxylic acids is 1. The van der Waals surface area contributed by atoms with Crippen LogP contribution in [0.25, 0.3) is 0 Å². The van der Waals surface area contributed by atoms with Gasteiger partial charge in [0, 0.05) is 30.8 Å². The van der Waals surface area contributed by atoms with Gasteiger partial charge in [-0.25, -0.2) is 0 Å². The number of hydrogen-bond donors (Lipinski definition) is 0. The van der Waals surface area contributed by atoms with E-state index in [1.54, 1.807) is 0 Å². The summed E-state index contributed by atoms with van der Waals surface area (Å²) in [5.74, 6) is 0.330. The third-order valence-electron chi connectivity index (χ3n) is 3.96. The molecule has 1 aliphatic heterocycles. The maximum absolute atomic E-state index is 11.8. The highest BCUT2D eigenvalue weighted by Gasteiger charge is 2.19. The Morgan fingerprint density at radius 1 is 0.944 bits per heavy atom. The first kappa shape index (κ1) is 13.4. The van der Waals surface area contributed by atoms with Crippen molar-refractivity contribution in [3.63, 3.8) is 0 Å². The molecule has 98 valence electrons. The fourth-order valence-electron chi connectivity index (χ4n) is 2.98. The second-order valence-electron chi connectivity index (χ2n) is 5.17. The van der Waals surface area contributed by atoms with Gasteiger partial charge in [-0.1, -0.05) is 0 Å². The number of hydrogen-bond acceptors (Lipinski definition) is 2. The molecule has 2 aliphatic rings. The number of halogens is 1. The average Bonchev–Trinajstić information content (AvgIpc) is 2.40. The van der Waals surface area contributed by atoms with Crippen LogP contribution < -0.4 is 4.90 Å². The Hall–Kier alpha value is -1.02. The molecule has 1 fully saturated rings. The second-order valence-corrected chi connectivity index (χ2v) is 5.17. The van der Waals surface area contributed by atoms with Gasteiger partial charge in [-0.2, -0.15) is 0 Å². The van der Waals surface area contributed by atoms with Crippen LogP contribution in [0.2, 0.25) is 0 Å². The van der Waals surface area contributed by atoms with Crippen LogP contribution in [0.1, 0.15) is 48.0 Å². The van der Waals surface area contributed by atoms with Gasteiger partial charge in [0.2, 0.25) is 0 Å². The average molecular weight is 266 g/mol. The van der Waals surface area contributed by atoms with Crippen molar-refractivity contribution in [3.8, 4) is 0 Å². The Kier molecular flexibility index (Phi) is 4.28. The van der Waals surface area contributed by atoms with Crippen LogP contribution >= 0.6 is 12.4 Å². The van der Waals surface area contributed by atoms with E-state index >= 15 is 0 Å². The van der Waals surface area contributed by atoms with Crippen LogP contribution in [-0.4, -0.2) is 18.9 Å². The molecule has 0 atom stereocenters. The minimum Gasteiger partial charge on any atom is -0.372 e. The molecule has 0 amide bonds. The predicted octanol–water partition coefficient (Wildman–Crippen LogP) is 3.62. The Morgan fingerprint density at radius 3 is 2.50 bits per heavy atom. The maximum Gasteiger partial charge on any atom is 0.163 e. The topological polar surface area (TPSA) is 20.3 Å². The summed E-state index contributed by atoms with van der Waals surface area (Å²) in [6.45, 7) is 2.35. The van der Waals surface area contributed by atoms with Crippen molar-refractivity contribution in [2.75, 3.05) is 18.0 Å². The van der Waals surface area contributed by atoms with Crippen molar-refractivity contribution in [2.24, 2.45) is 0 Å². The smallest absolute Gasteiger partial charge is 0.163 e. The van der Waals surface area contributed by atoms with Crippen LogP contribution in [0.5, 0.6) is 0 Å². The second kappa shape index (κ2) is 5.75. The number of rotatable bonds is 1. The summed E-state index contributed by atoms with van der Waals surface area (Å²) in [6.07, 6.45) is 6.79. The molecule has 18 heavy (non-hydrogen) atoms. The molecule has 1 aliphatic carbocycles. The molecule has 1 aromatic rings. The van der Waals surface area contributed by atoms with E-state index in [1.807, 2.05) is 6.07 Å². The molecule has 2 nitrogen and oxygen atoms in total. The Bertz CT molecular complexity index is 438. The van der Waals surface area contributed by atoms with Crippen molar-refractivity contribution < 1.29 is 4.79 Å². The number of ketones is 1. The van der Waals surface area contributed by atoms with Crippen molar-refractivity contribution in [3.05, 3.63) is 29.3 Å². The van der Waals surface area contributed by atoms with Crippen LogP contribution in [0, 0.1) is 0 Å². The number of benzene rings is 1. The number of Topliss-reactive ketones (excluding diaryl/α,β-unsaturated/α-hetero) is 1. The Morgan fingerprint density at radius 2 is 1.72 bits per heavy atom. The van der Waals surface area contributed by atoms with E-state index in [4.69, 9.17) is 0 Å². The normalized spacial score (nSPS) is 19.1. The number of nitrogens with zero attached hydrogens (tertiary/aromatic N) is 1. The van der Waals surface area contributed by atoms with Gasteiger partial charge in [-0.3, -0.25) is 4.79 Å². The monoisotopic (exact) mass is 265 g/mol. The fraction of sp³-hybridized carbons (Fsp3) is 0.533. The number of anilines is 1. The van der Waals surface area contributed by atoms with E-state index in [9.17, 15) is 4.79 Å². The fourth-order valence-corrected chi connectivity index (χ4v) is 2.98. The highest BCUT2D eigenvalue weighted by Crippen LogP contribution is 2.27. The molecule has 1 saturated heterocycles. The third kappa shape index (κ3) is 2.54. The summed E-state index contributed by atoms with van der Waals surface area (Å²) in [6, 6.07) is 6.42. The van der Waals surface area contributed by atoms with Crippen LogP contribution in [0.3, 0.4) is 0 Å². The zero-order valence-corrected chi connectivity index (χ0v) is 11.5. The lowest BCUT2D eigenvalue weighted by Gasteiger charge is -2.30. The molecule has 3 rings (SSSR count). The van der Waals surface area contributed by atoms with Gasteiger partial charge >= 0.3 is 0 Å². The van der Waals surface area contributed by atoms with Crippen molar-refractivity contribution in [1.82, 2.24) is 0 Å². The molecule has 0 aromatic heterocycles. The number of fused-ring (bicyclic) bond motifs is 1. The highest BCUT2D eigenvalue weighted by molar-refractivity contribution is 5.98. The van der Waals surface area contributed by atoms with Crippen LogP contribution in [-0.2, 0) is 6.42 Å². The van der Waals surface area contributed by atoms with Gasteiger partial charge < -0.3 is 4.90 Å². The first-order chi connectivity index (χ1) is 8.34. The summed E-state index contributed by atoms with van der Waals surface area (Å²) >= 11 is 0. The molecule has 0 radical (unpaired) electrons. The largest absolute Gasteiger partial charge is 0.372 e. The van der Waals surface area contributed by atoms with Gasteiger partial charge in [0.1, 0.15) is 0 Å². The molecular weight excluding hydrogens is 246 g/mol. The molecule has 0 saturated carbocycles. The Labute approximate surface area is 115 Å². The molecule has 0 bridgehead atoms. The predicted molar refractivity (Wildman–Crippen MR) is 77.0 cm³/mol. The van der Waals surface area contributed by atoms with E-state index in [2.05, 4.69) is 17.0 Å².